The van der Waals surface area contributed by atoms with Crippen molar-refractivity contribution in [3.63, 3.8) is 0 Å². The molecular formula is C20H17F3N4O2. The summed E-state index contributed by atoms with van der Waals surface area (Å²) in [5.41, 5.74) is 7.23. The average Bonchev–Trinajstić information content (AvgIpc) is 3.16. The zero-order valence-corrected chi connectivity index (χ0v) is 15.6. The molecule has 3 rings (SSSR count). The largest absolute Gasteiger partial charge is 0.416 e. The van der Waals surface area contributed by atoms with Crippen LogP contribution in [0.1, 0.15) is 16.7 Å². The summed E-state index contributed by atoms with van der Waals surface area (Å²) in [5.74, 6) is -0.749. The third kappa shape index (κ3) is 4.29. The molecule has 0 unspecified atom stereocenters. The zero-order valence-electron chi connectivity index (χ0n) is 15.6. The molecule has 3 aromatic rings. The van der Waals surface area contributed by atoms with Gasteiger partial charge in [-0.25, -0.2) is 4.68 Å². The molecule has 0 aliphatic carbocycles. The fraction of sp³-hybridized carbons (Fsp3) is 0.150. The van der Waals surface area contributed by atoms with E-state index in [4.69, 9.17) is 10.6 Å². The van der Waals surface area contributed by atoms with Gasteiger partial charge < -0.3 is 10.6 Å². The van der Waals surface area contributed by atoms with Crippen molar-refractivity contribution >= 4 is 11.6 Å². The van der Waals surface area contributed by atoms with Gasteiger partial charge in [-0.1, -0.05) is 23.4 Å². The number of primary amides is 1. The molecule has 9 heteroatoms. The first kappa shape index (κ1) is 20.1. The molecule has 0 saturated heterocycles. The average molecular weight is 402 g/mol. The molecule has 0 atom stereocenters. The van der Waals surface area contributed by atoms with Gasteiger partial charge in [0.05, 0.1) is 16.9 Å². The molecule has 1 heterocycles. The molecule has 0 fully saturated rings. The molecule has 2 aromatic carbocycles. The minimum Gasteiger partial charge on any atom is -0.398 e. The number of nitrogens with two attached hydrogens (primary N) is 1. The van der Waals surface area contributed by atoms with Gasteiger partial charge in [-0.05, 0) is 42.8 Å². The van der Waals surface area contributed by atoms with E-state index in [0.29, 0.717) is 16.8 Å². The molecule has 0 aliphatic rings. The van der Waals surface area contributed by atoms with Crippen LogP contribution in [-0.4, -0.2) is 28.5 Å². The van der Waals surface area contributed by atoms with Gasteiger partial charge in [-0.2, -0.15) is 18.3 Å². The molecule has 6 nitrogen and oxygen atoms in total. The minimum atomic E-state index is -4.44. The van der Waals surface area contributed by atoms with Crippen molar-refractivity contribution in [1.82, 2.24) is 9.78 Å². The fourth-order valence-electron chi connectivity index (χ4n) is 2.80. The van der Waals surface area contributed by atoms with Gasteiger partial charge in [0.1, 0.15) is 7.11 Å². The summed E-state index contributed by atoms with van der Waals surface area (Å²) in [7, 11) is 1.30. The maximum absolute atomic E-state index is 13.0. The molecule has 29 heavy (non-hydrogen) atoms. The quantitative estimate of drug-likeness (QED) is 0.522. The number of benzene rings is 2. The summed E-state index contributed by atoms with van der Waals surface area (Å²) < 4.78 is 40.2. The molecule has 0 spiro atoms. The lowest BCUT2D eigenvalue weighted by Gasteiger charge is -2.09. The number of aryl methyl sites for hydroxylation is 1. The first-order chi connectivity index (χ1) is 13.7. The third-order valence-electron chi connectivity index (χ3n) is 4.23. The molecular weight excluding hydrogens is 385 g/mol. The second-order valence-corrected chi connectivity index (χ2v) is 6.21. The summed E-state index contributed by atoms with van der Waals surface area (Å²) in [5, 5.41) is 8.04. The lowest BCUT2D eigenvalue weighted by atomic mass is 9.99. The molecule has 0 aliphatic heterocycles. The number of carbonyl (C=O) groups is 1. The van der Waals surface area contributed by atoms with Crippen molar-refractivity contribution in [1.29, 1.82) is 0 Å². The summed E-state index contributed by atoms with van der Waals surface area (Å²) in [6, 6.07) is 11.8. The number of carbonyl (C=O) groups excluding carboxylic acids is 1. The van der Waals surface area contributed by atoms with Crippen LogP contribution in [0.25, 0.3) is 16.9 Å². The maximum atomic E-state index is 13.0. The number of rotatable bonds is 5. The predicted molar refractivity (Wildman–Crippen MR) is 101 cm³/mol. The Morgan fingerprint density at radius 2 is 1.93 bits per heavy atom. The summed E-state index contributed by atoms with van der Waals surface area (Å²) >= 11 is 0. The first-order valence-corrected chi connectivity index (χ1v) is 8.46. The number of halogens is 3. The Hall–Kier alpha value is -3.62. The van der Waals surface area contributed by atoms with E-state index >= 15 is 0 Å². The number of hydrogen-bond donors (Lipinski definition) is 1. The van der Waals surface area contributed by atoms with Crippen molar-refractivity contribution in [2.45, 2.75) is 13.1 Å². The van der Waals surface area contributed by atoms with Crippen LogP contribution >= 0.6 is 0 Å². The first-order valence-electron chi connectivity index (χ1n) is 8.46. The number of oxime groups is 1. The van der Waals surface area contributed by atoms with Crippen molar-refractivity contribution in [3.05, 3.63) is 71.4 Å². The van der Waals surface area contributed by atoms with Crippen molar-refractivity contribution in [2.24, 2.45) is 10.9 Å². The van der Waals surface area contributed by atoms with Crippen molar-refractivity contribution in [3.8, 4) is 16.9 Å². The molecule has 0 radical (unpaired) electrons. The number of nitrogens with zero attached hydrogens (tertiary/aromatic N) is 3. The van der Waals surface area contributed by atoms with Crippen LogP contribution in [0.15, 0.2) is 59.9 Å². The van der Waals surface area contributed by atoms with E-state index in [9.17, 15) is 18.0 Å². The van der Waals surface area contributed by atoms with Gasteiger partial charge in [0, 0.05) is 17.3 Å². The molecule has 1 aromatic heterocycles. The van der Waals surface area contributed by atoms with Crippen LogP contribution in [0.3, 0.4) is 0 Å². The second kappa shape index (κ2) is 7.78. The van der Waals surface area contributed by atoms with Gasteiger partial charge in [0.2, 0.25) is 0 Å². The zero-order chi connectivity index (χ0) is 21.2. The van der Waals surface area contributed by atoms with Crippen LogP contribution in [0.4, 0.5) is 13.2 Å². The predicted octanol–water partition coefficient (Wildman–Crippen LogP) is 3.70. The van der Waals surface area contributed by atoms with E-state index in [1.807, 2.05) is 0 Å². The van der Waals surface area contributed by atoms with Gasteiger partial charge in [0.15, 0.2) is 5.71 Å². The minimum absolute atomic E-state index is 0.0378. The Morgan fingerprint density at radius 3 is 2.59 bits per heavy atom. The number of alkyl halides is 3. The normalized spacial score (nSPS) is 12.1. The number of hydrogen-bond acceptors (Lipinski definition) is 4. The standard InChI is InChI=1S/C20H17F3N4O2/c1-12-6-7-13(10-16(12)18(19(24)28)26-29-2)17-8-9-27(25-17)15-5-3-4-14(11-15)20(21,22)23/h3-11H,1-2H3,(H2,24,28). The maximum Gasteiger partial charge on any atom is 0.416 e. The molecule has 150 valence electrons. The number of aromatic nitrogens is 2. The van der Waals surface area contributed by atoms with Crippen LogP contribution in [-0.2, 0) is 15.8 Å². The molecule has 0 saturated carbocycles. The van der Waals surface area contributed by atoms with Crippen LogP contribution in [0, 0.1) is 6.92 Å². The Bertz CT molecular complexity index is 1090. The van der Waals surface area contributed by atoms with E-state index in [-0.39, 0.29) is 11.4 Å². The third-order valence-corrected chi connectivity index (χ3v) is 4.23. The Labute approximate surface area is 164 Å². The van der Waals surface area contributed by atoms with Gasteiger partial charge in [-0.15, -0.1) is 0 Å². The molecule has 2 N–H and O–H groups in total. The number of amides is 1. The van der Waals surface area contributed by atoms with Gasteiger partial charge >= 0.3 is 6.18 Å². The topological polar surface area (TPSA) is 82.5 Å². The Balaban J connectivity index is 2.01. The lowest BCUT2D eigenvalue weighted by Crippen LogP contribution is -2.25. The van der Waals surface area contributed by atoms with Crippen molar-refractivity contribution in [2.75, 3.05) is 7.11 Å². The van der Waals surface area contributed by atoms with E-state index in [0.717, 1.165) is 17.7 Å². The van der Waals surface area contributed by atoms with Crippen LogP contribution in [0.5, 0.6) is 0 Å². The van der Waals surface area contributed by atoms with Crippen LogP contribution in [0.2, 0.25) is 0 Å². The smallest absolute Gasteiger partial charge is 0.398 e. The Kier molecular flexibility index (Phi) is 5.40. The molecule has 0 bridgehead atoms. The fourth-order valence-corrected chi connectivity index (χ4v) is 2.80. The van der Waals surface area contributed by atoms with E-state index < -0.39 is 17.6 Å². The van der Waals surface area contributed by atoms with E-state index in [2.05, 4.69) is 10.3 Å². The highest BCUT2D eigenvalue weighted by Gasteiger charge is 2.30. The van der Waals surface area contributed by atoms with Gasteiger partial charge in [-0.3, -0.25) is 4.79 Å². The summed E-state index contributed by atoms with van der Waals surface area (Å²) in [6.07, 6.45) is -2.88. The second-order valence-electron chi connectivity index (χ2n) is 6.21. The highest BCUT2D eigenvalue weighted by atomic mass is 19.4. The van der Waals surface area contributed by atoms with E-state index in [1.165, 1.54) is 23.9 Å². The van der Waals surface area contributed by atoms with Crippen LogP contribution < -0.4 is 5.73 Å². The lowest BCUT2D eigenvalue weighted by molar-refractivity contribution is -0.137. The highest BCUT2D eigenvalue weighted by Crippen LogP contribution is 2.30. The molecule has 1 amide bonds. The highest BCUT2D eigenvalue weighted by molar-refractivity contribution is 6.45. The van der Waals surface area contributed by atoms with Gasteiger partial charge in [0.25, 0.3) is 5.91 Å². The SMILES string of the molecule is CON=C(C(N)=O)c1cc(-c2ccn(-c3cccc(C(F)(F)F)c3)n2)ccc1C. The van der Waals surface area contributed by atoms with Crippen molar-refractivity contribution < 1.29 is 22.8 Å². The monoisotopic (exact) mass is 402 g/mol. The summed E-state index contributed by atoms with van der Waals surface area (Å²) in [6.45, 7) is 1.79. The summed E-state index contributed by atoms with van der Waals surface area (Å²) in [4.78, 5) is 16.4. The van der Waals surface area contributed by atoms with E-state index in [1.54, 1.807) is 37.4 Å². The Morgan fingerprint density at radius 1 is 1.17 bits per heavy atom.